The van der Waals surface area contributed by atoms with E-state index in [1.54, 1.807) is 7.11 Å². The summed E-state index contributed by atoms with van der Waals surface area (Å²) in [5.41, 5.74) is 1.78. The largest absolute Gasteiger partial charge is 0.497 e. The van der Waals surface area contributed by atoms with E-state index in [9.17, 15) is 4.79 Å². The first-order valence-electron chi connectivity index (χ1n) is 10.2. The summed E-state index contributed by atoms with van der Waals surface area (Å²) in [5, 5.41) is 1.08. The van der Waals surface area contributed by atoms with Gasteiger partial charge in [-0.2, -0.15) is 0 Å². The lowest BCUT2D eigenvalue weighted by atomic mass is 9.83. The molecule has 4 rings (SSSR count). The minimum absolute atomic E-state index is 0.112. The number of aryl methyl sites for hydroxylation is 1. The van der Waals surface area contributed by atoms with Gasteiger partial charge >= 0.3 is 0 Å². The van der Waals surface area contributed by atoms with Crippen LogP contribution in [-0.2, 0) is 7.05 Å². The Labute approximate surface area is 161 Å². The molecule has 5 heteroatoms. The fourth-order valence-electron chi connectivity index (χ4n) is 5.06. The van der Waals surface area contributed by atoms with Crippen LogP contribution in [0.5, 0.6) is 5.75 Å². The van der Waals surface area contributed by atoms with Gasteiger partial charge in [0.15, 0.2) is 0 Å². The van der Waals surface area contributed by atoms with Crippen LogP contribution < -0.4 is 4.74 Å². The highest BCUT2D eigenvalue weighted by molar-refractivity contribution is 5.98. The molecule has 3 heterocycles. The SMILES string of the molecule is COc1ccc2cc(C(=O)N(C)C[C@@H]3CCCN4CCCC[C@H]34)n(C)c2c1. The monoisotopic (exact) mass is 369 g/mol. The summed E-state index contributed by atoms with van der Waals surface area (Å²) in [6, 6.07) is 8.63. The lowest BCUT2D eigenvalue weighted by Crippen LogP contribution is -2.51. The summed E-state index contributed by atoms with van der Waals surface area (Å²) in [5.74, 6) is 1.53. The number of amides is 1. The van der Waals surface area contributed by atoms with Gasteiger partial charge in [-0.15, -0.1) is 0 Å². The van der Waals surface area contributed by atoms with Crippen LogP contribution in [0.3, 0.4) is 0 Å². The summed E-state index contributed by atoms with van der Waals surface area (Å²) in [6.07, 6.45) is 6.46. The zero-order valence-electron chi connectivity index (χ0n) is 16.8. The normalized spacial score (nSPS) is 23.2. The molecule has 2 aromatic rings. The molecule has 0 aliphatic carbocycles. The first kappa shape index (κ1) is 18.4. The number of aromatic nitrogens is 1. The predicted molar refractivity (Wildman–Crippen MR) is 108 cm³/mol. The number of fused-ring (bicyclic) bond motifs is 2. The standard InChI is InChI=1S/C22H31N3O2/c1-23(15-17-7-6-12-25-11-5-4-8-19(17)25)22(26)21-13-16-9-10-18(27-3)14-20(16)24(21)2/h9-10,13-14,17,19H,4-8,11-12,15H2,1-3H3/t17-,19+/m0/s1. The number of hydrogen-bond donors (Lipinski definition) is 0. The second-order valence-corrected chi connectivity index (χ2v) is 8.20. The second kappa shape index (κ2) is 7.55. The lowest BCUT2D eigenvalue weighted by Gasteiger charge is -2.45. The molecule has 2 saturated heterocycles. The molecular weight excluding hydrogens is 338 g/mol. The van der Waals surface area contributed by atoms with Crippen LogP contribution in [0.4, 0.5) is 0 Å². The van der Waals surface area contributed by atoms with Crippen molar-refractivity contribution >= 4 is 16.8 Å². The summed E-state index contributed by atoms with van der Waals surface area (Å²) < 4.78 is 7.32. The Bertz CT molecular complexity index is 826. The molecular formula is C22H31N3O2. The summed E-state index contributed by atoms with van der Waals surface area (Å²) in [4.78, 5) is 17.8. The maximum absolute atomic E-state index is 13.2. The number of nitrogens with zero attached hydrogens (tertiary/aromatic N) is 3. The number of carbonyl (C=O) groups excluding carboxylic acids is 1. The fraction of sp³-hybridized carbons (Fsp3) is 0.591. The Morgan fingerprint density at radius 1 is 1.19 bits per heavy atom. The maximum Gasteiger partial charge on any atom is 0.270 e. The van der Waals surface area contributed by atoms with Gasteiger partial charge < -0.3 is 19.1 Å². The van der Waals surface area contributed by atoms with Crippen LogP contribution in [0.1, 0.15) is 42.6 Å². The van der Waals surface area contributed by atoms with Gasteiger partial charge in [0.1, 0.15) is 11.4 Å². The first-order valence-corrected chi connectivity index (χ1v) is 10.2. The van der Waals surface area contributed by atoms with E-state index in [1.807, 2.05) is 47.8 Å². The smallest absolute Gasteiger partial charge is 0.270 e. The van der Waals surface area contributed by atoms with Crippen molar-refractivity contribution in [3.05, 3.63) is 30.0 Å². The summed E-state index contributed by atoms with van der Waals surface area (Å²) in [6.45, 7) is 3.33. The van der Waals surface area contributed by atoms with E-state index in [0.717, 1.165) is 28.9 Å². The van der Waals surface area contributed by atoms with Crippen molar-refractivity contribution in [2.75, 3.05) is 33.8 Å². The van der Waals surface area contributed by atoms with Crippen LogP contribution in [0.2, 0.25) is 0 Å². The molecule has 0 radical (unpaired) electrons. The molecule has 0 bridgehead atoms. The van der Waals surface area contributed by atoms with Crippen molar-refractivity contribution in [1.82, 2.24) is 14.4 Å². The number of carbonyl (C=O) groups is 1. The number of rotatable bonds is 4. The minimum atomic E-state index is 0.112. The molecule has 0 spiro atoms. The molecule has 1 amide bonds. The fourth-order valence-corrected chi connectivity index (χ4v) is 5.06. The average molecular weight is 370 g/mol. The van der Waals surface area contributed by atoms with E-state index in [4.69, 9.17) is 4.74 Å². The number of methoxy groups -OCH3 is 1. The number of piperidine rings is 2. The summed E-state index contributed by atoms with van der Waals surface area (Å²) >= 11 is 0. The van der Waals surface area contributed by atoms with Crippen molar-refractivity contribution in [1.29, 1.82) is 0 Å². The van der Waals surface area contributed by atoms with E-state index in [-0.39, 0.29) is 5.91 Å². The molecule has 0 N–H and O–H groups in total. The van der Waals surface area contributed by atoms with Gasteiger partial charge in [0, 0.05) is 38.1 Å². The third-order valence-corrected chi connectivity index (χ3v) is 6.56. The van der Waals surface area contributed by atoms with Crippen LogP contribution in [0.15, 0.2) is 24.3 Å². The van der Waals surface area contributed by atoms with Gasteiger partial charge in [-0.3, -0.25) is 4.79 Å². The molecule has 1 aromatic carbocycles. The average Bonchev–Trinajstić information content (AvgIpc) is 3.03. The molecule has 2 fully saturated rings. The highest BCUT2D eigenvalue weighted by Crippen LogP contribution is 2.32. The second-order valence-electron chi connectivity index (χ2n) is 8.20. The predicted octanol–water partition coefficient (Wildman–Crippen LogP) is 3.52. The molecule has 5 nitrogen and oxygen atoms in total. The number of benzene rings is 1. The Kier molecular flexibility index (Phi) is 5.13. The van der Waals surface area contributed by atoms with Gasteiger partial charge in [0.2, 0.25) is 0 Å². The van der Waals surface area contributed by atoms with E-state index >= 15 is 0 Å². The summed E-state index contributed by atoms with van der Waals surface area (Å²) in [7, 11) is 5.59. The van der Waals surface area contributed by atoms with Crippen molar-refractivity contribution in [3.8, 4) is 5.75 Å². The third-order valence-electron chi connectivity index (χ3n) is 6.56. The quantitative estimate of drug-likeness (QED) is 0.827. The van der Waals surface area contributed by atoms with Crippen molar-refractivity contribution < 1.29 is 9.53 Å². The van der Waals surface area contributed by atoms with Crippen LogP contribution in [0, 0.1) is 5.92 Å². The van der Waals surface area contributed by atoms with Crippen molar-refractivity contribution in [2.45, 2.75) is 38.1 Å². The van der Waals surface area contributed by atoms with Gasteiger partial charge in [-0.25, -0.2) is 0 Å². The zero-order chi connectivity index (χ0) is 19.0. The van der Waals surface area contributed by atoms with Gasteiger partial charge in [-0.1, -0.05) is 6.42 Å². The lowest BCUT2D eigenvalue weighted by molar-refractivity contribution is 0.0400. The Balaban J connectivity index is 1.52. The molecule has 1 aromatic heterocycles. The Hall–Kier alpha value is -2.01. The van der Waals surface area contributed by atoms with Gasteiger partial charge in [-0.05, 0) is 62.9 Å². The molecule has 2 aliphatic heterocycles. The van der Waals surface area contributed by atoms with E-state index in [2.05, 4.69) is 4.90 Å². The van der Waals surface area contributed by atoms with Crippen LogP contribution in [0.25, 0.3) is 10.9 Å². The molecule has 0 saturated carbocycles. The zero-order valence-corrected chi connectivity index (χ0v) is 16.8. The molecule has 0 unspecified atom stereocenters. The molecule has 27 heavy (non-hydrogen) atoms. The highest BCUT2D eigenvalue weighted by Gasteiger charge is 2.34. The highest BCUT2D eigenvalue weighted by atomic mass is 16.5. The van der Waals surface area contributed by atoms with Gasteiger partial charge in [0.05, 0.1) is 12.6 Å². The Morgan fingerprint density at radius 3 is 2.81 bits per heavy atom. The van der Waals surface area contributed by atoms with E-state index in [1.165, 1.54) is 45.2 Å². The van der Waals surface area contributed by atoms with Crippen molar-refractivity contribution in [2.24, 2.45) is 13.0 Å². The Morgan fingerprint density at radius 2 is 2.00 bits per heavy atom. The van der Waals surface area contributed by atoms with Crippen LogP contribution >= 0.6 is 0 Å². The molecule has 2 atom stereocenters. The van der Waals surface area contributed by atoms with Gasteiger partial charge in [0.25, 0.3) is 5.91 Å². The van der Waals surface area contributed by atoms with E-state index < -0.39 is 0 Å². The van der Waals surface area contributed by atoms with Crippen LogP contribution in [-0.4, -0.2) is 60.1 Å². The minimum Gasteiger partial charge on any atom is -0.497 e. The number of ether oxygens (including phenoxy) is 1. The van der Waals surface area contributed by atoms with Crippen molar-refractivity contribution in [3.63, 3.8) is 0 Å². The van der Waals surface area contributed by atoms with E-state index in [0.29, 0.717) is 12.0 Å². The molecule has 146 valence electrons. The molecule has 2 aliphatic rings. The number of hydrogen-bond acceptors (Lipinski definition) is 3. The topological polar surface area (TPSA) is 37.7 Å². The first-order chi connectivity index (χ1) is 13.1. The third kappa shape index (κ3) is 3.45. The maximum atomic E-state index is 13.2.